The van der Waals surface area contributed by atoms with Gasteiger partial charge in [-0.15, -0.1) is 0 Å². The molecule has 0 aliphatic heterocycles. The van der Waals surface area contributed by atoms with Crippen LogP contribution in [0.2, 0.25) is 0 Å². The van der Waals surface area contributed by atoms with Gasteiger partial charge in [0.25, 0.3) is 5.91 Å². The molecule has 1 aromatic rings. The summed E-state index contributed by atoms with van der Waals surface area (Å²) in [6.07, 6.45) is 2.17. The van der Waals surface area contributed by atoms with Gasteiger partial charge in [0.05, 0.1) is 17.5 Å². The van der Waals surface area contributed by atoms with Crippen LogP contribution < -0.4 is 5.73 Å². The van der Waals surface area contributed by atoms with Crippen LogP contribution in [0.15, 0.2) is 12.3 Å². The number of hydrogen-bond acceptors (Lipinski definition) is 3. The molecule has 0 bridgehead atoms. The van der Waals surface area contributed by atoms with Crippen molar-refractivity contribution >= 4 is 5.91 Å². The van der Waals surface area contributed by atoms with E-state index in [-0.39, 0.29) is 5.41 Å². The van der Waals surface area contributed by atoms with Gasteiger partial charge in [0.15, 0.2) is 0 Å². The summed E-state index contributed by atoms with van der Waals surface area (Å²) in [5.41, 5.74) is 6.44. The van der Waals surface area contributed by atoms with Crippen LogP contribution in [0.25, 0.3) is 0 Å². The molecule has 14 heavy (non-hydrogen) atoms. The number of nitrogens with two attached hydrogens (primary N) is 1. The molecule has 2 N–H and O–H groups in total. The maximum atomic E-state index is 11.1. The monoisotopic (exact) mass is 193 g/mol. The van der Waals surface area contributed by atoms with E-state index in [1.54, 1.807) is 6.07 Å². The Kier molecular flexibility index (Phi) is 2.84. The number of nitrogens with zero attached hydrogens (tertiary/aromatic N) is 2. The lowest BCUT2D eigenvalue weighted by Crippen LogP contribution is -2.19. The summed E-state index contributed by atoms with van der Waals surface area (Å²) in [5.74, 6) is -0.445. The van der Waals surface area contributed by atoms with Gasteiger partial charge in [-0.2, -0.15) is 10.2 Å². The molecule has 0 aromatic carbocycles. The first-order valence-electron chi connectivity index (χ1n) is 4.50. The molecule has 0 fully saturated rings. The van der Waals surface area contributed by atoms with Crippen LogP contribution in [-0.4, -0.2) is 16.1 Å². The number of hydrogen-bond donors (Lipinski definition) is 1. The average molecular weight is 193 g/mol. The normalized spacial score (nSPS) is 11.4. The summed E-state index contributed by atoms with van der Waals surface area (Å²) < 4.78 is 0. The second kappa shape index (κ2) is 3.74. The fourth-order valence-corrected chi connectivity index (χ4v) is 1.22. The Balaban J connectivity index is 3.02. The largest absolute Gasteiger partial charge is 0.366 e. The van der Waals surface area contributed by atoms with E-state index in [4.69, 9.17) is 5.73 Å². The van der Waals surface area contributed by atoms with E-state index in [0.29, 0.717) is 17.7 Å². The lowest BCUT2D eigenvalue weighted by atomic mass is 9.89. The van der Waals surface area contributed by atoms with Gasteiger partial charge in [-0.1, -0.05) is 20.8 Å². The van der Waals surface area contributed by atoms with E-state index in [1.165, 1.54) is 6.20 Å². The van der Waals surface area contributed by atoms with E-state index in [2.05, 4.69) is 31.0 Å². The highest BCUT2D eigenvalue weighted by molar-refractivity contribution is 5.93. The molecule has 76 valence electrons. The molecule has 1 amide bonds. The van der Waals surface area contributed by atoms with Gasteiger partial charge in [-0.25, -0.2) is 0 Å². The standard InChI is InChI=1S/C10H15N3O/c1-10(2,3)6-8-7(9(11)14)4-5-12-13-8/h4-5H,6H2,1-3H3,(H2,11,14). The maximum Gasteiger partial charge on any atom is 0.250 e. The molecule has 0 unspecified atom stereocenters. The fraction of sp³-hybridized carbons (Fsp3) is 0.500. The lowest BCUT2D eigenvalue weighted by Gasteiger charge is -2.17. The predicted octanol–water partition coefficient (Wildman–Crippen LogP) is 1.16. The summed E-state index contributed by atoms with van der Waals surface area (Å²) in [5, 5.41) is 7.69. The van der Waals surface area contributed by atoms with Crippen LogP contribution in [0.4, 0.5) is 0 Å². The van der Waals surface area contributed by atoms with E-state index in [1.807, 2.05) is 0 Å². The molecule has 1 aromatic heterocycles. The maximum absolute atomic E-state index is 11.1. The van der Waals surface area contributed by atoms with Crippen molar-refractivity contribution in [1.29, 1.82) is 0 Å². The SMILES string of the molecule is CC(C)(C)Cc1nnccc1C(N)=O. The third-order valence-electron chi connectivity index (χ3n) is 1.76. The van der Waals surface area contributed by atoms with Crippen LogP contribution in [-0.2, 0) is 6.42 Å². The Morgan fingerprint density at radius 1 is 1.50 bits per heavy atom. The molecule has 4 heteroatoms. The van der Waals surface area contributed by atoms with E-state index in [9.17, 15) is 4.79 Å². The molecule has 4 nitrogen and oxygen atoms in total. The summed E-state index contributed by atoms with van der Waals surface area (Å²) in [7, 11) is 0. The molecule has 1 heterocycles. The smallest absolute Gasteiger partial charge is 0.250 e. The molecule has 0 aliphatic carbocycles. The Morgan fingerprint density at radius 3 is 2.64 bits per heavy atom. The first-order chi connectivity index (χ1) is 6.40. The van der Waals surface area contributed by atoms with Gasteiger partial charge >= 0.3 is 0 Å². The lowest BCUT2D eigenvalue weighted by molar-refractivity contribution is 0.0998. The van der Waals surface area contributed by atoms with Crippen LogP contribution in [0, 0.1) is 5.41 Å². The number of carbonyl (C=O) groups is 1. The third kappa shape index (κ3) is 2.80. The van der Waals surface area contributed by atoms with Gasteiger partial charge in [0.2, 0.25) is 0 Å². The molecule has 0 saturated heterocycles. The zero-order chi connectivity index (χ0) is 10.8. The van der Waals surface area contributed by atoms with Crippen molar-refractivity contribution in [1.82, 2.24) is 10.2 Å². The zero-order valence-electron chi connectivity index (χ0n) is 8.74. The summed E-state index contributed by atoms with van der Waals surface area (Å²) in [6, 6.07) is 1.61. The van der Waals surface area contributed by atoms with Gasteiger partial charge in [-0.05, 0) is 17.9 Å². The molecule has 0 spiro atoms. The molecule has 0 radical (unpaired) electrons. The van der Waals surface area contributed by atoms with Crippen molar-refractivity contribution in [3.63, 3.8) is 0 Å². The van der Waals surface area contributed by atoms with Crippen molar-refractivity contribution in [2.45, 2.75) is 27.2 Å². The van der Waals surface area contributed by atoms with Crippen molar-refractivity contribution < 1.29 is 4.79 Å². The van der Waals surface area contributed by atoms with Crippen molar-refractivity contribution in [2.24, 2.45) is 11.1 Å². The van der Waals surface area contributed by atoms with Crippen molar-refractivity contribution in [2.75, 3.05) is 0 Å². The molecule has 0 aliphatic rings. The second-order valence-electron chi connectivity index (χ2n) is 4.49. The number of carbonyl (C=O) groups excluding carboxylic acids is 1. The highest BCUT2D eigenvalue weighted by atomic mass is 16.1. The minimum absolute atomic E-state index is 0.0697. The predicted molar refractivity (Wildman–Crippen MR) is 53.7 cm³/mol. The quantitative estimate of drug-likeness (QED) is 0.766. The molecular formula is C10H15N3O. The number of primary amides is 1. The van der Waals surface area contributed by atoms with Gasteiger partial charge in [0.1, 0.15) is 0 Å². The molecular weight excluding hydrogens is 178 g/mol. The summed E-state index contributed by atoms with van der Waals surface area (Å²) in [4.78, 5) is 11.1. The highest BCUT2D eigenvalue weighted by Gasteiger charge is 2.17. The highest BCUT2D eigenvalue weighted by Crippen LogP contribution is 2.20. The summed E-state index contributed by atoms with van der Waals surface area (Å²) in [6.45, 7) is 6.23. The first kappa shape index (κ1) is 10.6. The van der Waals surface area contributed by atoms with Crippen LogP contribution in [0.3, 0.4) is 0 Å². The fourth-order valence-electron chi connectivity index (χ4n) is 1.22. The number of amides is 1. The average Bonchev–Trinajstić information content (AvgIpc) is 2.01. The topological polar surface area (TPSA) is 68.9 Å². The Bertz CT molecular complexity index is 341. The van der Waals surface area contributed by atoms with Gasteiger partial charge in [0, 0.05) is 0 Å². The molecule has 0 atom stereocenters. The van der Waals surface area contributed by atoms with Crippen LogP contribution in [0.5, 0.6) is 0 Å². The zero-order valence-corrected chi connectivity index (χ0v) is 8.74. The van der Waals surface area contributed by atoms with E-state index in [0.717, 1.165) is 0 Å². The van der Waals surface area contributed by atoms with Crippen molar-refractivity contribution in [3.05, 3.63) is 23.5 Å². The Morgan fingerprint density at radius 2 is 2.14 bits per heavy atom. The molecule has 0 saturated carbocycles. The first-order valence-corrected chi connectivity index (χ1v) is 4.50. The summed E-state index contributed by atoms with van der Waals surface area (Å²) >= 11 is 0. The van der Waals surface area contributed by atoms with Gasteiger partial charge in [-0.3, -0.25) is 4.79 Å². The Labute approximate surface area is 83.5 Å². The Hall–Kier alpha value is -1.45. The second-order valence-corrected chi connectivity index (χ2v) is 4.49. The van der Waals surface area contributed by atoms with E-state index < -0.39 is 5.91 Å². The molecule has 1 rings (SSSR count). The van der Waals surface area contributed by atoms with E-state index >= 15 is 0 Å². The number of aromatic nitrogens is 2. The van der Waals surface area contributed by atoms with Crippen LogP contribution >= 0.6 is 0 Å². The minimum Gasteiger partial charge on any atom is -0.366 e. The van der Waals surface area contributed by atoms with Crippen molar-refractivity contribution in [3.8, 4) is 0 Å². The van der Waals surface area contributed by atoms with Gasteiger partial charge < -0.3 is 5.73 Å². The third-order valence-corrected chi connectivity index (χ3v) is 1.76. The minimum atomic E-state index is -0.445. The number of rotatable bonds is 2. The van der Waals surface area contributed by atoms with Crippen LogP contribution in [0.1, 0.15) is 36.8 Å².